The monoisotopic (exact) mass is 420 g/mol. The molecule has 1 aliphatic rings. The molecule has 1 atom stereocenters. The molecule has 0 spiro atoms. The van der Waals surface area contributed by atoms with Gasteiger partial charge in [-0.25, -0.2) is 4.98 Å². The standard InChI is InChI=1S/C24H28N4O3/c1-17-7-9-19(10-8-17)22(27-11-13-31-14-12-27)15-25-23(29)16-28-18(2)26-21-6-4-3-5-20(21)24(28)30/h3-10,22H,11-16H2,1-2H3,(H,25,29). The van der Waals surface area contributed by atoms with Crippen LogP contribution in [0.15, 0.2) is 53.3 Å². The van der Waals surface area contributed by atoms with Gasteiger partial charge in [-0.1, -0.05) is 42.0 Å². The van der Waals surface area contributed by atoms with E-state index < -0.39 is 0 Å². The fourth-order valence-corrected chi connectivity index (χ4v) is 4.01. The minimum atomic E-state index is -0.201. The third-order valence-electron chi connectivity index (χ3n) is 5.80. The molecule has 0 aliphatic carbocycles. The molecule has 2 heterocycles. The van der Waals surface area contributed by atoms with E-state index in [1.54, 1.807) is 19.1 Å². The third-order valence-corrected chi connectivity index (χ3v) is 5.80. The lowest BCUT2D eigenvalue weighted by molar-refractivity contribution is -0.122. The van der Waals surface area contributed by atoms with Gasteiger partial charge in [0.05, 0.1) is 30.2 Å². The Labute approximate surface area is 181 Å². The molecule has 0 radical (unpaired) electrons. The summed E-state index contributed by atoms with van der Waals surface area (Å²) >= 11 is 0. The van der Waals surface area contributed by atoms with Gasteiger partial charge in [0, 0.05) is 19.6 Å². The van der Waals surface area contributed by atoms with Crippen molar-refractivity contribution in [3.8, 4) is 0 Å². The number of hydrogen-bond acceptors (Lipinski definition) is 5. The molecule has 1 fully saturated rings. The maximum atomic E-state index is 12.8. The van der Waals surface area contributed by atoms with E-state index in [0.29, 0.717) is 36.5 Å². The molecule has 7 nitrogen and oxygen atoms in total. The molecule has 1 unspecified atom stereocenters. The van der Waals surface area contributed by atoms with Crippen LogP contribution in [-0.2, 0) is 16.1 Å². The SMILES string of the molecule is Cc1ccc(C(CNC(=O)Cn2c(C)nc3ccccc3c2=O)N2CCOCC2)cc1. The zero-order valence-corrected chi connectivity index (χ0v) is 18.0. The number of morpholine rings is 1. The number of carbonyl (C=O) groups excluding carboxylic acids is 1. The smallest absolute Gasteiger partial charge is 0.261 e. The lowest BCUT2D eigenvalue weighted by Crippen LogP contribution is -2.44. The van der Waals surface area contributed by atoms with Crippen LogP contribution < -0.4 is 10.9 Å². The van der Waals surface area contributed by atoms with Gasteiger partial charge in [-0.2, -0.15) is 0 Å². The van der Waals surface area contributed by atoms with E-state index in [1.807, 2.05) is 12.1 Å². The van der Waals surface area contributed by atoms with Gasteiger partial charge in [-0.3, -0.25) is 19.1 Å². The number of rotatable bonds is 6. The van der Waals surface area contributed by atoms with Crippen LogP contribution in [0.4, 0.5) is 0 Å². The lowest BCUT2D eigenvalue weighted by atomic mass is 10.0. The molecular weight excluding hydrogens is 392 g/mol. The molecule has 162 valence electrons. The van der Waals surface area contributed by atoms with Gasteiger partial charge in [-0.15, -0.1) is 0 Å². The molecule has 4 rings (SSSR count). The molecule has 1 N–H and O–H groups in total. The van der Waals surface area contributed by atoms with Crippen LogP contribution >= 0.6 is 0 Å². The molecular formula is C24H28N4O3. The number of nitrogens with zero attached hydrogens (tertiary/aromatic N) is 3. The van der Waals surface area contributed by atoms with Crippen molar-refractivity contribution in [2.24, 2.45) is 0 Å². The van der Waals surface area contributed by atoms with E-state index in [-0.39, 0.29) is 24.1 Å². The highest BCUT2D eigenvalue weighted by Gasteiger charge is 2.23. The summed E-state index contributed by atoms with van der Waals surface area (Å²) in [6, 6.07) is 15.7. The third kappa shape index (κ3) is 4.84. The molecule has 1 aromatic heterocycles. The average Bonchev–Trinajstić information content (AvgIpc) is 2.78. The van der Waals surface area contributed by atoms with Crippen LogP contribution in [0.5, 0.6) is 0 Å². The number of benzene rings is 2. The number of para-hydroxylation sites is 1. The Hall–Kier alpha value is -3.03. The number of nitrogens with one attached hydrogen (secondary N) is 1. The van der Waals surface area contributed by atoms with Gasteiger partial charge >= 0.3 is 0 Å². The Kier molecular flexibility index (Phi) is 6.44. The first-order valence-corrected chi connectivity index (χ1v) is 10.6. The number of fused-ring (bicyclic) bond motifs is 1. The molecule has 3 aromatic rings. The van der Waals surface area contributed by atoms with Gasteiger partial charge < -0.3 is 10.1 Å². The van der Waals surface area contributed by atoms with Crippen LogP contribution in [0, 0.1) is 13.8 Å². The number of amides is 1. The predicted molar refractivity (Wildman–Crippen MR) is 120 cm³/mol. The summed E-state index contributed by atoms with van der Waals surface area (Å²) in [6.07, 6.45) is 0. The summed E-state index contributed by atoms with van der Waals surface area (Å²) in [5.74, 6) is 0.328. The maximum absolute atomic E-state index is 12.8. The zero-order valence-electron chi connectivity index (χ0n) is 18.0. The van der Waals surface area contributed by atoms with Crippen molar-refractivity contribution >= 4 is 16.8 Å². The van der Waals surface area contributed by atoms with Crippen LogP contribution in [0.1, 0.15) is 23.0 Å². The molecule has 7 heteroatoms. The number of hydrogen-bond donors (Lipinski definition) is 1. The maximum Gasteiger partial charge on any atom is 0.261 e. The van der Waals surface area contributed by atoms with Gasteiger partial charge in [0.1, 0.15) is 12.4 Å². The van der Waals surface area contributed by atoms with Crippen molar-refractivity contribution in [2.75, 3.05) is 32.8 Å². The van der Waals surface area contributed by atoms with Crippen molar-refractivity contribution in [2.45, 2.75) is 26.4 Å². The normalized spacial score (nSPS) is 15.7. The molecule has 0 saturated carbocycles. The minimum absolute atomic E-state index is 0.0494. The zero-order chi connectivity index (χ0) is 21.8. The summed E-state index contributed by atoms with van der Waals surface area (Å²) in [6.45, 7) is 7.25. The quantitative estimate of drug-likeness (QED) is 0.662. The van der Waals surface area contributed by atoms with E-state index in [0.717, 1.165) is 18.7 Å². The average molecular weight is 421 g/mol. The first-order chi connectivity index (χ1) is 15.0. The van der Waals surface area contributed by atoms with Gasteiger partial charge in [0.25, 0.3) is 5.56 Å². The summed E-state index contributed by atoms with van der Waals surface area (Å²) in [4.78, 5) is 32.4. The van der Waals surface area contributed by atoms with Crippen molar-refractivity contribution in [1.29, 1.82) is 0 Å². The van der Waals surface area contributed by atoms with E-state index >= 15 is 0 Å². The molecule has 1 saturated heterocycles. The minimum Gasteiger partial charge on any atom is -0.379 e. The molecule has 0 bridgehead atoms. The van der Waals surface area contributed by atoms with Crippen LogP contribution in [0.2, 0.25) is 0 Å². The second kappa shape index (κ2) is 9.41. The van der Waals surface area contributed by atoms with E-state index in [2.05, 4.69) is 46.4 Å². The lowest BCUT2D eigenvalue weighted by Gasteiger charge is -2.35. The van der Waals surface area contributed by atoms with Crippen molar-refractivity contribution in [1.82, 2.24) is 19.8 Å². The highest BCUT2D eigenvalue weighted by atomic mass is 16.5. The highest BCUT2D eigenvalue weighted by Crippen LogP contribution is 2.22. The summed E-state index contributed by atoms with van der Waals surface area (Å²) in [7, 11) is 0. The number of aromatic nitrogens is 2. The highest BCUT2D eigenvalue weighted by molar-refractivity contribution is 5.79. The predicted octanol–water partition coefficient (Wildman–Crippen LogP) is 2.20. The fraction of sp³-hybridized carbons (Fsp3) is 0.375. The number of aryl methyl sites for hydroxylation is 2. The second-order valence-corrected chi connectivity index (χ2v) is 7.95. The van der Waals surface area contributed by atoms with Crippen LogP contribution in [0.25, 0.3) is 10.9 Å². The van der Waals surface area contributed by atoms with E-state index in [1.165, 1.54) is 10.1 Å². The van der Waals surface area contributed by atoms with Gasteiger partial charge in [0.2, 0.25) is 5.91 Å². The second-order valence-electron chi connectivity index (χ2n) is 7.95. The van der Waals surface area contributed by atoms with Crippen molar-refractivity contribution < 1.29 is 9.53 Å². The van der Waals surface area contributed by atoms with Gasteiger partial charge in [-0.05, 0) is 31.5 Å². The number of carbonyl (C=O) groups is 1. The van der Waals surface area contributed by atoms with Crippen molar-refractivity contribution in [3.05, 3.63) is 75.8 Å². The molecule has 1 amide bonds. The Morgan fingerprint density at radius 2 is 1.81 bits per heavy atom. The van der Waals surface area contributed by atoms with E-state index in [9.17, 15) is 9.59 Å². The fourth-order valence-electron chi connectivity index (χ4n) is 4.01. The Morgan fingerprint density at radius 1 is 1.10 bits per heavy atom. The van der Waals surface area contributed by atoms with Crippen LogP contribution in [0.3, 0.4) is 0 Å². The Balaban J connectivity index is 1.50. The Morgan fingerprint density at radius 3 is 2.55 bits per heavy atom. The number of ether oxygens (including phenoxy) is 1. The van der Waals surface area contributed by atoms with Crippen molar-refractivity contribution in [3.63, 3.8) is 0 Å². The Bertz CT molecular complexity index is 1120. The molecule has 2 aromatic carbocycles. The summed E-state index contributed by atoms with van der Waals surface area (Å²) < 4.78 is 6.93. The molecule has 31 heavy (non-hydrogen) atoms. The summed E-state index contributed by atoms with van der Waals surface area (Å²) in [5.41, 5.74) is 2.82. The van der Waals surface area contributed by atoms with Gasteiger partial charge in [0.15, 0.2) is 0 Å². The van der Waals surface area contributed by atoms with E-state index in [4.69, 9.17) is 4.74 Å². The van der Waals surface area contributed by atoms with Crippen LogP contribution in [-0.4, -0.2) is 53.2 Å². The topological polar surface area (TPSA) is 76.5 Å². The first kappa shape index (κ1) is 21.2. The first-order valence-electron chi connectivity index (χ1n) is 10.6. The molecule has 1 aliphatic heterocycles. The summed E-state index contributed by atoms with van der Waals surface area (Å²) in [5, 5.41) is 3.56. The largest absolute Gasteiger partial charge is 0.379 e.